The van der Waals surface area contributed by atoms with Crippen LogP contribution in [0.25, 0.3) is 0 Å². The van der Waals surface area contributed by atoms with Gasteiger partial charge >= 0.3 is 0 Å². The molecular weight excluding hydrogens is 208 g/mol. The van der Waals surface area contributed by atoms with E-state index < -0.39 is 0 Å². The zero-order valence-corrected chi connectivity index (χ0v) is 10.4. The highest BCUT2D eigenvalue weighted by Gasteiger charge is 1.98. The number of halogens is 1. The smallest absolute Gasteiger partial charge is 0.0464 e. The number of rotatable bonds is 0. The first kappa shape index (κ1) is 12.5. The summed E-state index contributed by atoms with van der Waals surface area (Å²) in [6.45, 7) is 9.42. The Morgan fingerprint density at radius 1 is 1.00 bits per heavy atom. The van der Waals surface area contributed by atoms with Crippen molar-refractivity contribution >= 4 is 11.6 Å². The Labute approximate surface area is 97.0 Å². The maximum atomic E-state index is 5.95. The molecule has 1 fully saturated rings. The van der Waals surface area contributed by atoms with Crippen molar-refractivity contribution in [2.24, 2.45) is 0 Å². The minimum absolute atomic E-state index is 0.894. The second-order valence-electron chi connectivity index (χ2n) is 3.89. The molecule has 0 radical (unpaired) electrons. The van der Waals surface area contributed by atoms with E-state index in [9.17, 15) is 0 Å². The van der Waals surface area contributed by atoms with Gasteiger partial charge in [-0.15, -0.1) is 0 Å². The molecule has 1 saturated heterocycles. The molecule has 1 aliphatic heterocycles. The largest absolute Gasteiger partial charge is 0.303 e. The summed E-state index contributed by atoms with van der Waals surface area (Å²) in [7, 11) is 0. The van der Waals surface area contributed by atoms with Gasteiger partial charge in [0.25, 0.3) is 0 Å². The summed E-state index contributed by atoms with van der Waals surface area (Å²) >= 11 is 5.95. The van der Waals surface area contributed by atoms with Gasteiger partial charge < -0.3 is 10.6 Å². The van der Waals surface area contributed by atoms with E-state index in [0.29, 0.717) is 0 Å². The van der Waals surface area contributed by atoms with Crippen LogP contribution < -0.4 is 10.6 Å². The summed E-state index contributed by atoms with van der Waals surface area (Å²) in [4.78, 5) is 0. The van der Waals surface area contributed by atoms with Crippen molar-refractivity contribution in [3.63, 3.8) is 0 Å². The van der Waals surface area contributed by atoms with E-state index in [1.165, 1.54) is 16.7 Å². The highest BCUT2D eigenvalue weighted by molar-refractivity contribution is 6.32. The van der Waals surface area contributed by atoms with Crippen LogP contribution in [-0.4, -0.2) is 19.8 Å². The summed E-state index contributed by atoms with van der Waals surface area (Å²) in [5.74, 6) is 0. The molecule has 0 spiro atoms. The average molecular weight is 227 g/mol. The maximum Gasteiger partial charge on any atom is 0.0464 e. The van der Waals surface area contributed by atoms with Crippen molar-refractivity contribution in [1.82, 2.24) is 10.6 Å². The SMILES string of the molecule is C1CNCN1.Cc1cc(C)c(Cl)c(C)c1. The minimum atomic E-state index is 0.894. The van der Waals surface area contributed by atoms with Crippen LogP contribution in [0.1, 0.15) is 16.7 Å². The van der Waals surface area contributed by atoms with Crippen LogP contribution in [0.5, 0.6) is 0 Å². The topological polar surface area (TPSA) is 24.1 Å². The molecule has 84 valence electrons. The van der Waals surface area contributed by atoms with Crippen LogP contribution in [0.4, 0.5) is 0 Å². The Balaban J connectivity index is 0.000000187. The van der Waals surface area contributed by atoms with E-state index in [0.717, 1.165) is 24.8 Å². The van der Waals surface area contributed by atoms with Crippen LogP contribution in [-0.2, 0) is 0 Å². The molecule has 0 atom stereocenters. The quantitative estimate of drug-likeness (QED) is 0.710. The van der Waals surface area contributed by atoms with E-state index in [4.69, 9.17) is 11.6 Å². The first-order valence-corrected chi connectivity index (χ1v) is 5.64. The predicted octanol–water partition coefficient (Wildman–Crippen LogP) is 2.40. The summed E-state index contributed by atoms with van der Waals surface area (Å²) in [5.41, 5.74) is 3.61. The van der Waals surface area contributed by atoms with Crippen molar-refractivity contribution in [2.45, 2.75) is 20.8 Å². The third kappa shape index (κ3) is 4.20. The molecule has 0 aliphatic carbocycles. The lowest BCUT2D eigenvalue weighted by atomic mass is 10.1. The number of benzene rings is 1. The van der Waals surface area contributed by atoms with E-state index in [-0.39, 0.29) is 0 Å². The lowest BCUT2D eigenvalue weighted by Crippen LogP contribution is -2.11. The molecule has 1 aromatic carbocycles. The molecule has 2 nitrogen and oxygen atoms in total. The normalized spacial score (nSPS) is 14.7. The molecule has 0 aromatic heterocycles. The molecule has 0 unspecified atom stereocenters. The number of hydrogen-bond donors (Lipinski definition) is 2. The molecule has 2 rings (SSSR count). The van der Waals surface area contributed by atoms with Gasteiger partial charge in [-0.2, -0.15) is 0 Å². The molecular formula is C12H19ClN2. The molecule has 1 aliphatic rings. The van der Waals surface area contributed by atoms with E-state index in [1.54, 1.807) is 0 Å². The number of aryl methyl sites for hydroxylation is 3. The van der Waals surface area contributed by atoms with Crippen molar-refractivity contribution in [3.8, 4) is 0 Å². The standard InChI is InChI=1S/C9H11Cl.C3H8N2/c1-6-4-7(2)9(10)8(3)5-6;1-2-5-3-4-1/h4-5H,1-3H3;4-5H,1-3H2. The molecule has 15 heavy (non-hydrogen) atoms. The second kappa shape index (κ2) is 6.11. The molecule has 0 saturated carbocycles. The zero-order valence-electron chi connectivity index (χ0n) is 9.65. The second-order valence-corrected chi connectivity index (χ2v) is 4.27. The van der Waals surface area contributed by atoms with Crippen LogP contribution >= 0.6 is 11.6 Å². The fourth-order valence-electron chi connectivity index (χ4n) is 1.60. The summed E-state index contributed by atoms with van der Waals surface area (Å²) < 4.78 is 0. The van der Waals surface area contributed by atoms with Crippen molar-refractivity contribution in [3.05, 3.63) is 33.8 Å². The lowest BCUT2D eigenvalue weighted by molar-refractivity contribution is 0.807. The monoisotopic (exact) mass is 226 g/mol. The van der Waals surface area contributed by atoms with Crippen LogP contribution in [0.3, 0.4) is 0 Å². The molecule has 3 heteroatoms. The Morgan fingerprint density at radius 2 is 1.47 bits per heavy atom. The van der Waals surface area contributed by atoms with Crippen molar-refractivity contribution in [2.75, 3.05) is 19.8 Å². The highest BCUT2D eigenvalue weighted by Crippen LogP contribution is 2.20. The highest BCUT2D eigenvalue weighted by atomic mass is 35.5. The van der Waals surface area contributed by atoms with Crippen molar-refractivity contribution < 1.29 is 0 Å². The van der Waals surface area contributed by atoms with Gasteiger partial charge in [0.1, 0.15) is 0 Å². The first-order valence-electron chi connectivity index (χ1n) is 5.26. The van der Waals surface area contributed by atoms with Crippen LogP contribution in [0.2, 0.25) is 5.02 Å². The van der Waals surface area contributed by atoms with E-state index >= 15 is 0 Å². The fourth-order valence-corrected chi connectivity index (χ4v) is 1.71. The third-order valence-electron chi connectivity index (χ3n) is 2.31. The molecule has 2 N–H and O–H groups in total. The maximum absolute atomic E-state index is 5.95. The summed E-state index contributed by atoms with van der Waals surface area (Å²) in [5, 5.41) is 7.12. The summed E-state index contributed by atoms with van der Waals surface area (Å²) in [6, 6.07) is 4.19. The zero-order chi connectivity index (χ0) is 11.3. The minimum Gasteiger partial charge on any atom is -0.303 e. The Bertz CT molecular complexity index is 289. The Kier molecular flexibility index (Phi) is 5.09. The van der Waals surface area contributed by atoms with Gasteiger partial charge in [0.2, 0.25) is 0 Å². The fraction of sp³-hybridized carbons (Fsp3) is 0.500. The van der Waals surface area contributed by atoms with Gasteiger partial charge in [-0.25, -0.2) is 0 Å². The van der Waals surface area contributed by atoms with Gasteiger partial charge in [-0.1, -0.05) is 29.3 Å². The third-order valence-corrected chi connectivity index (χ3v) is 2.91. The van der Waals surface area contributed by atoms with E-state index in [1.807, 2.05) is 13.8 Å². The average Bonchev–Trinajstić information content (AvgIpc) is 2.71. The lowest BCUT2D eigenvalue weighted by Gasteiger charge is -2.02. The Morgan fingerprint density at radius 3 is 1.80 bits per heavy atom. The summed E-state index contributed by atoms with van der Waals surface area (Å²) in [6.07, 6.45) is 0. The van der Waals surface area contributed by atoms with Crippen LogP contribution in [0.15, 0.2) is 12.1 Å². The number of nitrogens with one attached hydrogen (secondary N) is 2. The van der Waals surface area contributed by atoms with Gasteiger partial charge in [0.15, 0.2) is 0 Å². The van der Waals surface area contributed by atoms with Gasteiger partial charge in [0.05, 0.1) is 0 Å². The molecule has 0 amide bonds. The van der Waals surface area contributed by atoms with E-state index in [2.05, 4.69) is 29.7 Å². The van der Waals surface area contributed by atoms with Gasteiger partial charge in [-0.3, -0.25) is 0 Å². The van der Waals surface area contributed by atoms with Crippen LogP contribution in [0, 0.1) is 20.8 Å². The number of hydrogen-bond acceptors (Lipinski definition) is 2. The first-order chi connectivity index (χ1) is 7.11. The Hall–Kier alpha value is -0.570. The predicted molar refractivity (Wildman–Crippen MR) is 66.5 cm³/mol. The molecule has 1 aromatic rings. The van der Waals surface area contributed by atoms with Gasteiger partial charge in [-0.05, 0) is 31.9 Å². The van der Waals surface area contributed by atoms with Crippen molar-refractivity contribution in [1.29, 1.82) is 0 Å². The molecule has 0 bridgehead atoms. The van der Waals surface area contributed by atoms with Gasteiger partial charge in [0, 0.05) is 24.8 Å². The molecule has 1 heterocycles.